The molecule has 1 saturated carbocycles. The zero-order valence-electron chi connectivity index (χ0n) is 14.0. The number of thiocarbonyl (C=S) groups is 1. The number of carbonyl (C=O) groups excluding carboxylic acids is 1. The standard InChI is InChI=1S/C17H21N5OS/c1-10-6-13(11(7-18)8-24)20-15-14(19-9-22(10)15)16(23)21-17(2,3)12-4-5-12/h6-9,12H,4-5,18H2,1-3H3,(H,21,23). The molecule has 3 N–H and O–H groups in total. The monoisotopic (exact) mass is 343 g/mol. The van der Waals surface area contributed by atoms with Crippen LogP contribution in [0.1, 0.15) is 48.6 Å². The first kappa shape index (κ1) is 16.6. The minimum Gasteiger partial charge on any atom is -0.404 e. The van der Waals surface area contributed by atoms with Gasteiger partial charge in [-0.25, -0.2) is 9.97 Å². The Kier molecular flexibility index (Phi) is 4.13. The Morgan fingerprint density at radius 3 is 2.79 bits per heavy atom. The Labute approximate surface area is 146 Å². The van der Waals surface area contributed by atoms with E-state index in [1.165, 1.54) is 11.6 Å². The van der Waals surface area contributed by atoms with Crippen LogP contribution in [-0.2, 0) is 0 Å². The van der Waals surface area contributed by atoms with Gasteiger partial charge in [-0.3, -0.25) is 9.20 Å². The van der Waals surface area contributed by atoms with Crippen molar-refractivity contribution in [1.82, 2.24) is 19.7 Å². The Hall–Kier alpha value is -2.28. The molecule has 0 saturated heterocycles. The minimum absolute atomic E-state index is 0.209. The van der Waals surface area contributed by atoms with Gasteiger partial charge in [0.15, 0.2) is 11.3 Å². The van der Waals surface area contributed by atoms with Gasteiger partial charge in [0.05, 0.1) is 5.69 Å². The highest BCUT2D eigenvalue weighted by atomic mass is 32.1. The number of hydrogen-bond acceptors (Lipinski definition) is 5. The lowest BCUT2D eigenvalue weighted by Crippen LogP contribution is -2.45. The summed E-state index contributed by atoms with van der Waals surface area (Å²) in [5.41, 5.74) is 8.36. The topological polar surface area (TPSA) is 85.3 Å². The SMILES string of the molecule is Cc1cc(C(C=S)=CN)nc2c(C(=O)NC(C)(C)C3CC3)ncn12. The van der Waals surface area contributed by atoms with Gasteiger partial charge in [0.1, 0.15) is 6.33 Å². The molecule has 24 heavy (non-hydrogen) atoms. The number of allylic oxidation sites excluding steroid dienone is 1. The second-order valence-corrected chi connectivity index (χ2v) is 7.00. The third-order valence-corrected chi connectivity index (χ3v) is 4.80. The van der Waals surface area contributed by atoms with Gasteiger partial charge in [-0.1, -0.05) is 12.2 Å². The highest BCUT2D eigenvalue weighted by Crippen LogP contribution is 2.39. The molecule has 0 aliphatic heterocycles. The highest BCUT2D eigenvalue weighted by molar-refractivity contribution is 7.79. The highest BCUT2D eigenvalue weighted by Gasteiger charge is 2.39. The summed E-state index contributed by atoms with van der Waals surface area (Å²) in [6.45, 7) is 6.02. The third kappa shape index (κ3) is 2.91. The van der Waals surface area contributed by atoms with Crippen molar-refractivity contribution in [2.45, 2.75) is 39.2 Å². The molecular weight excluding hydrogens is 322 g/mol. The summed E-state index contributed by atoms with van der Waals surface area (Å²) in [7, 11) is 0. The molecule has 0 bridgehead atoms. The van der Waals surface area contributed by atoms with Gasteiger partial charge < -0.3 is 11.1 Å². The Morgan fingerprint density at radius 1 is 1.50 bits per heavy atom. The fraction of sp³-hybridized carbons (Fsp3) is 0.412. The molecule has 2 heterocycles. The fourth-order valence-electron chi connectivity index (χ4n) is 2.87. The van der Waals surface area contributed by atoms with E-state index in [0.29, 0.717) is 28.5 Å². The van der Waals surface area contributed by atoms with Crippen molar-refractivity contribution < 1.29 is 4.79 Å². The van der Waals surface area contributed by atoms with Crippen LogP contribution in [0.5, 0.6) is 0 Å². The van der Waals surface area contributed by atoms with Crippen LogP contribution in [0.3, 0.4) is 0 Å². The first-order chi connectivity index (χ1) is 11.4. The number of nitrogens with one attached hydrogen (secondary N) is 1. The lowest BCUT2D eigenvalue weighted by Gasteiger charge is -2.25. The van der Waals surface area contributed by atoms with Crippen molar-refractivity contribution in [2.75, 3.05) is 0 Å². The number of aryl methyl sites for hydroxylation is 1. The number of amides is 1. The molecule has 1 aliphatic rings. The predicted octanol–water partition coefficient (Wildman–Crippen LogP) is 2.26. The van der Waals surface area contributed by atoms with Gasteiger partial charge in [-0.2, -0.15) is 0 Å². The number of fused-ring (bicyclic) bond motifs is 1. The quantitative estimate of drug-likeness (QED) is 0.642. The number of nitrogens with two attached hydrogens (primary N) is 1. The molecule has 0 radical (unpaired) electrons. The number of imidazole rings is 1. The Balaban J connectivity index is 2.02. The second-order valence-electron chi connectivity index (χ2n) is 6.76. The van der Waals surface area contributed by atoms with Crippen molar-refractivity contribution in [3.05, 3.63) is 35.7 Å². The summed E-state index contributed by atoms with van der Waals surface area (Å²) in [5, 5.41) is 4.56. The number of hydrogen-bond donors (Lipinski definition) is 2. The largest absolute Gasteiger partial charge is 0.404 e. The smallest absolute Gasteiger partial charge is 0.274 e. The van der Waals surface area contributed by atoms with Crippen molar-refractivity contribution in [3.8, 4) is 0 Å². The van der Waals surface area contributed by atoms with Crippen LogP contribution in [0.2, 0.25) is 0 Å². The van der Waals surface area contributed by atoms with E-state index >= 15 is 0 Å². The molecule has 3 rings (SSSR count). The maximum Gasteiger partial charge on any atom is 0.274 e. The van der Waals surface area contributed by atoms with E-state index in [2.05, 4.69) is 15.3 Å². The average molecular weight is 343 g/mol. The lowest BCUT2D eigenvalue weighted by molar-refractivity contribution is 0.0900. The van der Waals surface area contributed by atoms with Gasteiger partial charge in [0.25, 0.3) is 5.91 Å². The number of carbonyl (C=O) groups is 1. The van der Waals surface area contributed by atoms with E-state index < -0.39 is 0 Å². The summed E-state index contributed by atoms with van der Waals surface area (Å²) in [5.74, 6) is 0.321. The summed E-state index contributed by atoms with van der Waals surface area (Å²) in [6, 6.07) is 1.87. The van der Waals surface area contributed by atoms with Crippen molar-refractivity contribution in [2.24, 2.45) is 11.7 Å². The zero-order chi connectivity index (χ0) is 17.5. The van der Waals surface area contributed by atoms with E-state index in [0.717, 1.165) is 18.5 Å². The minimum atomic E-state index is -0.240. The van der Waals surface area contributed by atoms with Gasteiger partial charge in [0.2, 0.25) is 0 Å². The van der Waals surface area contributed by atoms with Crippen LogP contribution in [0.25, 0.3) is 11.2 Å². The van der Waals surface area contributed by atoms with E-state index in [1.54, 1.807) is 10.7 Å². The molecule has 0 atom stereocenters. The number of nitrogens with zero attached hydrogens (tertiary/aromatic N) is 3. The molecule has 0 spiro atoms. The van der Waals surface area contributed by atoms with Crippen LogP contribution in [0, 0.1) is 12.8 Å². The summed E-state index contributed by atoms with van der Waals surface area (Å²) < 4.78 is 1.79. The first-order valence-electron chi connectivity index (χ1n) is 7.92. The third-order valence-electron chi connectivity index (χ3n) is 4.55. The fourth-order valence-corrected chi connectivity index (χ4v) is 3.07. The molecule has 2 aromatic heterocycles. The maximum absolute atomic E-state index is 12.7. The van der Waals surface area contributed by atoms with Crippen molar-refractivity contribution >= 4 is 34.7 Å². The van der Waals surface area contributed by atoms with E-state index in [9.17, 15) is 4.79 Å². The van der Waals surface area contributed by atoms with Crippen LogP contribution < -0.4 is 11.1 Å². The summed E-state index contributed by atoms with van der Waals surface area (Å²) in [4.78, 5) is 21.5. The van der Waals surface area contributed by atoms with Crippen molar-refractivity contribution in [3.63, 3.8) is 0 Å². The molecule has 2 aromatic rings. The lowest BCUT2D eigenvalue weighted by atomic mass is 9.98. The Bertz CT molecular complexity index is 848. The maximum atomic E-state index is 12.7. The molecule has 126 valence electrons. The molecule has 0 unspecified atom stereocenters. The zero-order valence-corrected chi connectivity index (χ0v) is 14.9. The van der Waals surface area contributed by atoms with Crippen LogP contribution >= 0.6 is 12.2 Å². The molecule has 1 fully saturated rings. The molecular formula is C17H21N5OS. The Morgan fingerprint density at radius 2 is 2.21 bits per heavy atom. The molecule has 1 aliphatic carbocycles. The predicted molar refractivity (Wildman–Crippen MR) is 97.8 cm³/mol. The first-order valence-corrected chi connectivity index (χ1v) is 8.39. The van der Waals surface area contributed by atoms with Gasteiger partial charge in [0, 0.05) is 28.4 Å². The molecule has 6 nitrogen and oxygen atoms in total. The van der Waals surface area contributed by atoms with Crippen molar-refractivity contribution in [1.29, 1.82) is 0 Å². The number of rotatable bonds is 5. The average Bonchev–Trinajstić information content (AvgIpc) is 3.29. The second kappa shape index (κ2) is 5.98. The molecule has 7 heteroatoms. The van der Waals surface area contributed by atoms with E-state index in [4.69, 9.17) is 18.0 Å². The molecule has 1 amide bonds. The van der Waals surface area contributed by atoms with E-state index in [1.807, 2.05) is 26.8 Å². The van der Waals surface area contributed by atoms with Gasteiger partial charge in [-0.05, 0) is 45.6 Å². The number of aromatic nitrogens is 3. The summed E-state index contributed by atoms with van der Waals surface area (Å²) >= 11 is 4.98. The molecule has 0 aromatic carbocycles. The van der Waals surface area contributed by atoms with Crippen LogP contribution in [0.4, 0.5) is 0 Å². The van der Waals surface area contributed by atoms with Gasteiger partial charge >= 0.3 is 0 Å². The normalized spacial score (nSPS) is 15.5. The van der Waals surface area contributed by atoms with Crippen LogP contribution in [-0.4, -0.2) is 31.2 Å². The van der Waals surface area contributed by atoms with Crippen LogP contribution in [0.15, 0.2) is 18.6 Å². The van der Waals surface area contributed by atoms with Gasteiger partial charge in [-0.15, -0.1) is 0 Å². The van der Waals surface area contributed by atoms with E-state index in [-0.39, 0.29) is 11.4 Å². The summed E-state index contributed by atoms with van der Waals surface area (Å²) in [6.07, 6.45) is 5.33.